The van der Waals surface area contributed by atoms with Crippen LogP contribution in [0.2, 0.25) is 19.6 Å². The van der Waals surface area contributed by atoms with E-state index in [2.05, 4.69) is 4.43 Å². The largest absolute Gasteiger partial charge is 0.541 e. The average Bonchev–Trinajstić information content (AvgIpc) is 1.96. The smallest absolute Gasteiger partial charge is 0.454 e. The van der Waals surface area contributed by atoms with Crippen molar-refractivity contribution in [2.24, 2.45) is 0 Å². The van der Waals surface area contributed by atoms with Crippen LogP contribution in [0.1, 0.15) is 0 Å². The van der Waals surface area contributed by atoms with Crippen LogP contribution in [0.5, 0.6) is 0 Å². The molecule has 0 rings (SSSR count). The first-order chi connectivity index (χ1) is 7.23. The second-order valence-corrected chi connectivity index (χ2v) is 8.51. The van der Waals surface area contributed by atoms with Crippen molar-refractivity contribution in [3.63, 3.8) is 0 Å². The van der Waals surface area contributed by atoms with Gasteiger partial charge in [-0.3, -0.25) is 4.79 Å². The SMILES string of the molecule is C[Si](C)(C)OC(=CC(=O)C(F)(F)F)C(F)(F)F. The van der Waals surface area contributed by atoms with E-state index in [1.54, 1.807) is 0 Å². The normalized spacial score (nSPS) is 14.8. The summed E-state index contributed by atoms with van der Waals surface area (Å²) in [5.41, 5.74) is 0. The molecule has 0 saturated carbocycles. The molecule has 0 aliphatic carbocycles. The zero-order valence-electron chi connectivity index (χ0n) is 9.16. The van der Waals surface area contributed by atoms with Crippen LogP contribution < -0.4 is 0 Å². The molecule has 9 heteroatoms. The van der Waals surface area contributed by atoms with Gasteiger partial charge in [0.05, 0.1) is 0 Å². The Morgan fingerprint density at radius 1 is 1.00 bits per heavy atom. The zero-order valence-corrected chi connectivity index (χ0v) is 10.2. The molecular weight excluding hydrogens is 270 g/mol. The summed E-state index contributed by atoms with van der Waals surface area (Å²) in [7, 11) is -2.76. The molecule has 0 heterocycles. The van der Waals surface area contributed by atoms with E-state index >= 15 is 0 Å². The molecule has 0 aromatic carbocycles. The van der Waals surface area contributed by atoms with E-state index in [1.807, 2.05) is 0 Å². The second-order valence-electron chi connectivity index (χ2n) is 4.08. The van der Waals surface area contributed by atoms with Crippen LogP contribution in [0.4, 0.5) is 26.3 Å². The lowest BCUT2D eigenvalue weighted by Gasteiger charge is -2.23. The first-order valence-electron chi connectivity index (χ1n) is 4.32. The fourth-order valence-corrected chi connectivity index (χ4v) is 1.53. The molecule has 0 atom stereocenters. The third-order valence-corrected chi connectivity index (χ3v) is 2.07. The van der Waals surface area contributed by atoms with Crippen LogP contribution in [-0.2, 0) is 9.22 Å². The number of ketones is 1. The number of halogens is 6. The van der Waals surface area contributed by atoms with Crippen molar-refractivity contribution in [3.05, 3.63) is 11.8 Å². The summed E-state index contributed by atoms with van der Waals surface area (Å²) in [6.07, 6.45) is -11.0. The van der Waals surface area contributed by atoms with Crippen LogP contribution in [0, 0.1) is 0 Å². The van der Waals surface area contributed by atoms with Gasteiger partial charge in [0, 0.05) is 6.08 Å². The van der Waals surface area contributed by atoms with Crippen LogP contribution in [0.15, 0.2) is 11.8 Å². The Kier molecular flexibility index (Phi) is 4.43. The maximum atomic E-state index is 12.3. The Bertz CT molecular complexity index is 322. The number of rotatable bonds is 3. The predicted octanol–water partition coefficient (Wildman–Crippen LogP) is 3.42. The summed E-state index contributed by atoms with van der Waals surface area (Å²) in [6, 6.07) is 0. The van der Waals surface area contributed by atoms with Gasteiger partial charge in [0.2, 0.25) is 8.32 Å². The summed E-state index contributed by atoms with van der Waals surface area (Å²) in [5.74, 6) is -4.50. The lowest BCUT2D eigenvalue weighted by Crippen LogP contribution is -2.32. The number of carbonyl (C=O) groups excluding carboxylic acids is 1. The zero-order chi connectivity index (χ0) is 14.1. The van der Waals surface area contributed by atoms with Gasteiger partial charge in [-0.25, -0.2) is 0 Å². The quantitative estimate of drug-likeness (QED) is 0.343. The van der Waals surface area contributed by atoms with Crippen molar-refractivity contribution < 1.29 is 35.6 Å². The highest BCUT2D eigenvalue weighted by Gasteiger charge is 2.43. The minimum absolute atomic E-state index is 0.557. The van der Waals surface area contributed by atoms with Gasteiger partial charge in [-0.1, -0.05) is 0 Å². The molecule has 100 valence electrons. The monoisotopic (exact) mass is 280 g/mol. The average molecular weight is 280 g/mol. The standard InChI is InChI=1S/C8H10F6O2Si/c1-17(2,3)16-6(8(12,13)14)4-5(15)7(9,10)11/h4H,1-3H3. The summed E-state index contributed by atoms with van der Waals surface area (Å²) < 4.78 is 76.8. The predicted molar refractivity (Wildman–Crippen MR) is 49.6 cm³/mol. The Morgan fingerprint density at radius 2 is 1.41 bits per heavy atom. The minimum atomic E-state index is -5.35. The Labute approximate surface area is 94.4 Å². The highest BCUT2D eigenvalue weighted by Crippen LogP contribution is 2.30. The third-order valence-electron chi connectivity index (χ3n) is 1.24. The van der Waals surface area contributed by atoms with Crippen molar-refractivity contribution in [3.8, 4) is 0 Å². The van der Waals surface area contributed by atoms with Gasteiger partial charge in [0.25, 0.3) is 5.78 Å². The number of hydrogen-bond donors (Lipinski definition) is 0. The fraction of sp³-hybridized carbons (Fsp3) is 0.625. The van der Waals surface area contributed by atoms with Crippen molar-refractivity contribution in [2.75, 3.05) is 0 Å². The van der Waals surface area contributed by atoms with E-state index in [0.29, 0.717) is 0 Å². The molecular formula is C8H10F6O2Si. The summed E-state index contributed by atoms with van der Waals surface area (Å²) in [4.78, 5) is 10.4. The van der Waals surface area contributed by atoms with Crippen molar-refractivity contribution in [2.45, 2.75) is 32.0 Å². The van der Waals surface area contributed by atoms with E-state index in [9.17, 15) is 31.1 Å². The molecule has 0 aromatic rings. The van der Waals surface area contributed by atoms with Crippen LogP contribution >= 0.6 is 0 Å². The van der Waals surface area contributed by atoms with Gasteiger partial charge in [-0.15, -0.1) is 0 Å². The summed E-state index contributed by atoms with van der Waals surface area (Å²) in [6.45, 7) is 4.06. The van der Waals surface area contributed by atoms with E-state index in [4.69, 9.17) is 0 Å². The Hall–Kier alpha value is -0.993. The molecule has 0 aliphatic heterocycles. The molecule has 0 radical (unpaired) electrons. The van der Waals surface area contributed by atoms with E-state index in [-0.39, 0.29) is 0 Å². The van der Waals surface area contributed by atoms with Crippen molar-refractivity contribution >= 4 is 14.1 Å². The molecule has 0 saturated heterocycles. The number of carbonyl (C=O) groups is 1. The second kappa shape index (κ2) is 4.71. The fourth-order valence-electron chi connectivity index (χ4n) is 0.700. The van der Waals surface area contributed by atoms with Gasteiger partial charge in [-0.2, -0.15) is 26.3 Å². The molecule has 0 aliphatic rings. The Morgan fingerprint density at radius 3 is 1.65 bits per heavy atom. The number of alkyl halides is 6. The van der Waals surface area contributed by atoms with Gasteiger partial charge in [0.15, 0.2) is 5.76 Å². The lowest BCUT2D eigenvalue weighted by atomic mass is 10.3. The molecule has 17 heavy (non-hydrogen) atoms. The molecule has 2 nitrogen and oxygen atoms in total. The third kappa shape index (κ3) is 6.34. The van der Waals surface area contributed by atoms with Crippen molar-refractivity contribution in [1.29, 1.82) is 0 Å². The molecule has 0 fully saturated rings. The molecule has 0 amide bonds. The molecule has 0 aromatic heterocycles. The maximum absolute atomic E-state index is 12.3. The molecule has 0 unspecified atom stereocenters. The van der Waals surface area contributed by atoms with Gasteiger partial charge in [0.1, 0.15) is 0 Å². The van der Waals surface area contributed by atoms with Crippen LogP contribution in [0.3, 0.4) is 0 Å². The van der Waals surface area contributed by atoms with Gasteiger partial charge in [-0.05, 0) is 19.6 Å². The summed E-state index contributed by atoms with van der Waals surface area (Å²) >= 11 is 0. The van der Waals surface area contributed by atoms with Gasteiger partial charge >= 0.3 is 12.4 Å². The first-order valence-corrected chi connectivity index (χ1v) is 7.73. The van der Waals surface area contributed by atoms with Crippen LogP contribution in [0.25, 0.3) is 0 Å². The van der Waals surface area contributed by atoms with Crippen molar-refractivity contribution in [1.82, 2.24) is 0 Å². The lowest BCUT2D eigenvalue weighted by molar-refractivity contribution is -0.166. The highest BCUT2D eigenvalue weighted by molar-refractivity contribution is 6.70. The van der Waals surface area contributed by atoms with E-state index in [0.717, 1.165) is 0 Å². The Balaban J connectivity index is 5.23. The maximum Gasteiger partial charge on any atom is 0.454 e. The molecule has 0 bridgehead atoms. The highest BCUT2D eigenvalue weighted by atomic mass is 28.4. The topological polar surface area (TPSA) is 26.3 Å². The van der Waals surface area contributed by atoms with E-state index in [1.165, 1.54) is 19.6 Å². The molecule has 0 spiro atoms. The van der Waals surface area contributed by atoms with Gasteiger partial charge < -0.3 is 4.43 Å². The van der Waals surface area contributed by atoms with E-state index < -0.39 is 38.3 Å². The first kappa shape index (κ1) is 16.0. The summed E-state index contributed by atoms with van der Waals surface area (Å²) in [5, 5.41) is 0. The van der Waals surface area contributed by atoms with Crippen LogP contribution in [-0.4, -0.2) is 26.5 Å². The minimum Gasteiger partial charge on any atom is -0.541 e. The molecule has 0 N–H and O–H groups in total. The number of hydrogen-bond acceptors (Lipinski definition) is 2. The number of allylic oxidation sites excluding steroid dienone is 2.